The first kappa shape index (κ1) is 11.7. The van der Waals surface area contributed by atoms with Crippen LogP contribution in [-0.4, -0.2) is 16.8 Å². The van der Waals surface area contributed by atoms with Crippen molar-refractivity contribution in [2.45, 2.75) is 38.3 Å². The molecule has 0 N–H and O–H groups in total. The van der Waals surface area contributed by atoms with E-state index in [2.05, 4.69) is 6.07 Å². The van der Waals surface area contributed by atoms with Crippen molar-refractivity contribution in [3.05, 3.63) is 35.9 Å². The number of hydrogen-bond donors (Lipinski definition) is 0. The van der Waals surface area contributed by atoms with Gasteiger partial charge < -0.3 is 4.90 Å². The van der Waals surface area contributed by atoms with E-state index in [9.17, 15) is 4.79 Å². The van der Waals surface area contributed by atoms with Crippen molar-refractivity contribution in [3.8, 4) is 6.07 Å². The van der Waals surface area contributed by atoms with Crippen molar-refractivity contribution in [3.63, 3.8) is 0 Å². The molecule has 0 saturated carbocycles. The minimum atomic E-state index is 0.219. The Labute approximate surface area is 102 Å². The second-order valence-electron chi connectivity index (χ2n) is 4.40. The molecule has 1 aromatic rings. The summed E-state index contributed by atoms with van der Waals surface area (Å²) in [7, 11) is 0. The van der Waals surface area contributed by atoms with Crippen LogP contribution in [0.25, 0.3) is 0 Å². The van der Waals surface area contributed by atoms with Gasteiger partial charge in [0.05, 0.1) is 6.07 Å². The molecule has 1 aliphatic heterocycles. The molecule has 3 nitrogen and oxygen atoms in total. The third-order valence-electron chi connectivity index (χ3n) is 3.24. The average molecular weight is 228 g/mol. The zero-order chi connectivity index (χ0) is 12.1. The van der Waals surface area contributed by atoms with E-state index in [0.29, 0.717) is 19.4 Å². The van der Waals surface area contributed by atoms with E-state index < -0.39 is 0 Å². The van der Waals surface area contributed by atoms with Gasteiger partial charge in [-0.2, -0.15) is 5.26 Å². The molecule has 1 heterocycles. The zero-order valence-corrected chi connectivity index (χ0v) is 9.80. The largest absolute Gasteiger partial charge is 0.335 e. The summed E-state index contributed by atoms with van der Waals surface area (Å²) in [5.74, 6) is 0.219. The number of likely N-dealkylation sites (tertiary alicyclic amines) is 1. The van der Waals surface area contributed by atoms with Crippen molar-refractivity contribution in [1.82, 2.24) is 4.90 Å². The topological polar surface area (TPSA) is 44.1 Å². The maximum Gasteiger partial charge on any atom is 0.223 e. The van der Waals surface area contributed by atoms with Gasteiger partial charge in [-0.05, 0) is 18.4 Å². The molecule has 0 unspecified atom stereocenters. The van der Waals surface area contributed by atoms with Crippen LogP contribution >= 0.6 is 0 Å². The Balaban J connectivity index is 2.02. The number of nitriles is 1. The van der Waals surface area contributed by atoms with E-state index in [1.165, 1.54) is 0 Å². The predicted molar refractivity (Wildman–Crippen MR) is 64.9 cm³/mol. The quantitative estimate of drug-likeness (QED) is 0.794. The number of amides is 1. The lowest BCUT2D eigenvalue weighted by molar-refractivity contribution is -0.129. The van der Waals surface area contributed by atoms with Gasteiger partial charge in [-0.1, -0.05) is 30.3 Å². The van der Waals surface area contributed by atoms with Crippen molar-refractivity contribution in [2.24, 2.45) is 0 Å². The Morgan fingerprint density at radius 2 is 2.12 bits per heavy atom. The monoisotopic (exact) mass is 228 g/mol. The fourth-order valence-electron chi connectivity index (χ4n) is 2.32. The summed E-state index contributed by atoms with van der Waals surface area (Å²) in [4.78, 5) is 13.7. The maximum absolute atomic E-state index is 11.8. The highest BCUT2D eigenvalue weighted by Crippen LogP contribution is 2.24. The first-order valence-electron chi connectivity index (χ1n) is 6.01. The Morgan fingerprint density at radius 3 is 2.82 bits per heavy atom. The molecule has 1 aliphatic rings. The fourth-order valence-corrected chi connectivity index (χ4v) is 2.32. The van der Waals surface area contributed by atoms with E-state index in [1.807, 2.05) is 35.2 Å². The first-order chi connectivity index (χ1) is 8.31. The number of carbonyl (C=O) groups is 1. The summed E-state index contributed by atoms with van der Waals surface area (Å²) < 4.78 is 0. The third kappa shape index (κ3) is 2.85. The SMILES string of the molecule is N#CCC[C@@H]1CCC(=O)N1Cc1ccccc1. The molecule has 0 radical (unpaired) electrons. The Kier molecular flexibility index (Phi) is 3.77. The lowest BCUT2D eigenvalue weighted by Crippen LogP contribution is -2.32. The van der Waals surface area contributed by atoms with Gasteiger partial charge in [0, 0.05) is 25.4 Å². The Hall–Kier alpha value is -1.82. The summed E-state index contributed by atoms with van der Waals surface area (Å²) in [5, 5.41) is 8.62. The van der Waals surface area contributed by atoms with E-state index in [0.717, 1.165) is 18.4 Å². The number of hydrogen-bond acceptors (Lipinski definition) is 2. The smallest absolute Gasteiger partial charge is 0.223 e. The fraction of sp³-hybridized carbons (Fsp3) is 0.429. The molecule has 0 aromatic heterocycles. The highest BCUT2D eigenvalue weighted by Gasteiger charge is 2.30. The van der Waals surface area contributed by atoms with Crippen LogP contribution in [0.15, 0.2) is 30.3 Å². The third-order valence-corrected chi connectivity index (χ3v) is 3.24. The van der Waals surface area contributed by atoms with Gasteiger partial charge in [-0.15, -0.1) is 0 Å². The van der Waals surface area contributed by atoms with Crippen molar-refractivity contribution in [2.75, 3.05) is 0 Å². The second kappa shape index (κ2) is 5.49. The minimum absolute atomic E-state index is 0.219. The van der Waals surface area contributed by atoms with E-state index >= 15 is 0 Å². The number of benzene rings is 1. The van der Waals surface area contributed by atoms with Gasteiger partial charge in [0.25, 0.3) is 0 Å². The molecule has 0 spiro atoms. The zero-order valence-electron chi connectivity index (χ0n) is 9.80. The van der Waals surface area contributed by atoms with Crippen LogP contribution in [0, 0.1) is 11.3 Å². The van der Waals surface area contributed by atoms with E-state index in [-0.39, 0.29) is 11.9 Å². The Bertz CT molecular complexity index is 422. The van der Waals surface area contributed by atoms with Crippen LogP contribution in [-0.2, 0) is 11.3 Å². The highest BCUT2D eigenvalue weighted by molar-refractivity contribution is 5.78. The van der Waals surface area contributed by atoms with Gasteiger partial charge in [0.2, 0.25) is 5.91 Å². The van der Waals surface area contributed by atoms with Crippen LogP contribution in [0.5, 0.6) is 0 Å². The molecule has 1 amide bonds. The number of carbonyl (C=O) groups excluding carboxylic acids is 1. The van der Waals surface area contributed by atoms with Crippen molar-refractivity contribution >= 4 is 5.91 Å². The van der Waals surface area contributed by atoms with Crippen molar-refractivity contribution in [1.29, 1.82) is 5.26 Å². The highest BCUT2D eigenvalue weighted by atomic mass is 16.2. The summed E-state index contributed by atoms with van der Waals surface area (Å²) in [6.07, 6.45) is 2.86. The lowest BCUT2D eigenvalue weighted by atomic mass is 10.1. The number of nitrogens with zero attached hydrogens (tertiary/aromatic N) is 2. The van der Waals surface area contributed by atoms with E-state index in [1.54, 1.807) is 0 Å². The molecule has 0 aliphatic carbocycles. The number of rotatable bonds is 4. The minimum Gasteiger partial charge on any atom is -0.335 e. The molecule has 1 fully saturated rings. The molecule has 2 rings (SSSR count). The Morgan fingerprint density at radius 1 is 1.35 bits per heavy atom. The van der Waals surface area contributed by atoms with Crippen LogP contribution in [0.4, 0.5) is 0 Å². The summed E-state index contributed by atoms with van der Waals surface area (Å²) in [5.41, 5.74) is 1.16. The van der Waals surface area contributed by atoms with Gasteiger partial charge in [-0.25, -0.2) is 0 Å². The van der Waals surface area contributed by atoms with Gasteiger partial charge in [0.1, 0.15) is 0 Å². The molecule has 1 aromatic carbocycles. The van der Waals surface area contributed by atoms with E-state index in [4.69, 9.17) is 5.26 Å². The second-order valence-corrected chi connectivity index (χ2v) is 4.40. The first-order valence-corrected chi connectivity index (χ1v) is 6.01. The van der Waals surface area contributed by atoms with Crippen LogP contribution < -0.4 is 0 Å². The molecule has 0 bridgehead atoms. The maximum atomic E-state index is 11.8. The van der Waals surface area contributed by atoms with Gasteiger partial charge in [0.15, 0.2) is 0 Å². The molecule has 88 valence electrons. The van der Waals surface area contributed by atoms with Gasteiger partial charge in [-0.3, -0.25) is 4.79 Å². The molecular weight excluding hydrogens is 212 g/mol. The predicted octanol–water partition coefficient (Wildman–Crippen LogP) is 2.48. The molecule has 3 heteroatoms. The summed E-state index contributed by atoms with van der Waals surface area (Å²) in [6.45, 7) is 0.676. The lowest BCUT2D eigenvalue weighted by Gasteiger charge is -2.24. The molecule has 17 heavy (non-hydrogen) atoms. The molecule has 1 saturated heterocycles. The van der Waals surface area contributed by atoms with Crippen molar-refractivity contribution < 1.29 is 4.79 Å². The standard InChI is InChI=1S/C14H16N2O/c15-10-4-7-13-8-9-14(17)16(13)11-12-5-2-1-3-6-12/h1-3,5-6,13H,4,7-9,11H2/t13-/m1/s1. The van der Waals surface area contributed by atoms with Crippen LogP contribution in [0.1, 0.15) is 31.2 Å². The molecule has 1 atom stereocenters. The summed E-state index contributed by atoms with van der Waals surface area (Å²) >= 11 is 0. The summed E-state index contributed by atoms with van der Waals surface area (Å²) in [6, 6.07) is 12.4. The van der Waals surface area contributed by atoms with Gasteiger partial charge >= 0.3 is 0 Å². The molecular formula is C14H16N2O. The average Bonchev–Trinajstić information content (AvgIpc) is 2.70. The normalized spacial score (nSPS) is 19.4. The van der Waals surface area contributed by atoms with Crippen LogP contribution in [0.3, 0.4) is 0 Å². The van der Waals surface area contributed by atoms with Crippen LogP contribution in [0.2, 0.25) is 0 Å².